The van der Waals surface area contributed by atoms with Gasteiger partial charge in [-0.25, -0.2) is 0 Å². The Morgan fingerprint density at radius 2 is 2.58 bits per heavy atom. The Kier molecular flexibility index (Phi) is 1.89. The normalized spacial score (nSPS) is 21.8. The molecule has 0 aromatic carbocycles. The van der Waals surface area contributed by atoms with E-state index in [9.17, 15) is 0 Å². The van der Waals surface area contributed by atoms with Gasteiger partial charge in [0.2, 0.25) is 0 Å². The standard InChI is InChI=1S/C5H8IN6/c1-8-3-4(7)6-11-12-5(3)9-2-10-12/h2,7-8,11H,1H3,(H,9,10)/q-1. The third-order valence-electron chi connectivity index (χ3n) is 1.50. The number of rotatable bonds is 1. The van der Waals surface area contributed by atoms with E-state index < -0.39 is 21.5 Å². The van der Waals surface area contributed by atoms with Crippen LogP contribution in [0.3, 0.4) is 0 Å². The van der Waals surface area contributed by atoms with Crippen LogP contribution in [0, 0.1) is 5.41 Å². The first-order chi connectivity index (χ1) is 5.83. The van der Waals surface area contributed by atoms with Gasteiger partial charge in [-0.3, -0.25) is 0 Å². The number of fused-ring (bicyclic) bond motifs is 1. The van der Waals surface area contributed by atoms with Crippen molar-refractivity contribution in [3.05, 3.63) is 11.5 Å². The summed E-state index contributed by atoms with van der Waals surface area (Å²) in [6.07, 6.45) is 1.60. The number of hydrogen-bond donors (Lipinski definition) is 4. The molecule has 0 aromatic heterocycles. The maximum absolute atomic E-state index is 7.64. The van der Waals surface area contributed by atoms with E-state index in [0.29, 0.717) is 3.72 Å². The average Bonchev–Trinajstić information content (AvgIpc) is 2.52. The second-order valence-corrected chi connectivity index (χ2v) is 4.26. The van der Waals surface area contributed by atoms with Crippen molar-refractivity contribution in [3.63, 3.8) is 0 Å². The molecule has 0 atom stereocenters. The molecule has 0 saturated carbocycles. The molecule has 0 aromatic rings. The summed E-state index contributed by atoms with van der Waals surface area (Å²) in [6.45, 7) is 0. The van der Waals surface area contributed by atoms with Gasteiger partial charge in [0.1, 0.15) is 0 Å². The Bertz CT molecular complexity index is 282. The van der Waals surface area contributed by atoms with Crippen molar-refractivity contribution in [2.24, 2.45) is 4.99 Å². The van der Waals surface area contributed by atoms with Gasteiger partial charge in [-0.15, -0.1) is 0 Å². The van der Waals surface area contributed by atoms with Gasteiger partial charge in [-0.1, -0.05) is 0 Å². The monoisotopic (exact) mass is 279 g/mol. The quantitative estimate of drug-likeness (QED) is 0.289. The molecular weight excluding hydrogens is 271 g/mol. The van der Waals surface area contributed by atoms with Gasteiger partial charge >= 0.3 is 80.0 Å². The van der Waals surface area contributed by atoms with Gasteiger partial charge in [0.05, 0.1) is 0 Å². The summed E-state index contributed by atoms with van der Waals surface area (Å²) in [5.74, 6) is 0.744. The van der Waals surface area contributed by atoms with E-state index in [4.69, 9.17) is 5.41 Å². The SMILES string of the molecule is CNC1=C2N=CNN2N[I-]C1=N. The molecule has 0 radical (unpaired) electrons. The van der Waals surface area contributed by atoms with Crippen molar-refractivity contribution in [3.8, 4) is 0 Å². The molecule has 2 rings (SSSR count). The summed E-state index contributed by atoms with van der Waals surface area (Å²) < 4.78 is 3.71. The van der Waals surface area contributed by atoms with Gasteiger partial charge in [0, 0.05) is 0 Å². The zero-order valence-corrected chi connectivity index (χ0v) is 8.51. The second kappa shape index (κ2) is 2.90. The number of nitrogens with zero attached hydrogens (tertiary/aromatic N) is 2. The molecule has 0 bridgehead atoms. The summed E-state index contributed by atoms with van der Waals surface area (Å²) in [5, 5.41) is 12.3. The number of halogens is 1. The van der Waals surface area contributed by atoms with E-state index >= 15 is 0 Å². The molecule has 0 unspecified atom stereocenters. The first-order valence-electron chi connectivity index (χ1n) is 3.32. The van der Waals surface area contributed by atoms with Crippen LogP contribution in [0.2, 0.25) is 0 Å². The molecule has 12 heavy (non-hydrogen) atoms. The zero-order chi connectivity index (χ0) is 8.55. The summed E-state index contributed by atoms with van der Waals surface area (Å²) >= 11 is -0.432. The fourth-order valence-electron chi connectivity index (χ4n) is 0.959. The van der Waals surface area contributed by atoms with E-state index in [0.717, 1.165) is 11.5 Å². The summed E-state index contributed by atoms with van der Waals surface area (Å²) in [5.41, 5.74) is 3.72. The van der Waals surface area contributed by atoms with Crippen molar-refractivity contribution in [2.75, 3.05) is 7.05 Å². The van der Waals surface area contributed by atoms with E-state index in [1.165, 1.54) is 0 Å². The molecule has 2 heterocycles. The number of hydrazine groups is 2. The van der Waals surface area contributed by atoms with Crippen molar-refractivity contribution in [1.82, 2.24) is 19.5 Å². The molecule has 6 nitrogen and oxygen atoms in total. The molecule has 0 spiro atoms. The van der Waals surface area contributed by atoms with Gasteiger partial charge < -0.3 is 0 Å². The van der Waals surface area contributed by atoms with Crippen LogP contribution in [0.25, 0.3) is 0 Å². The Labute approximate surface area is 80.2 Å². The van der Waals surface area contributed by atoms with Crippen LogP contribution in [0.4, 0.5) is 0 Å². The topological polar surface area (TPSA) is 75.5 Å². The van der Waals surface area contributed by atoms with Crippen molar-refractivity contribution < 1.29 is 21.5 Å². The van der Waals surface area contributed by atoms with Gasteiger partial charge in [0.25, 0.3) is 0 Å². The Morgan fingerprint density at radius 3 is 3.33 bits per heavy atom. The number of nitrogens with one attached hydrogen (secondary N) is 4. The first-order valence-corrected chi connectivity index (χ1v) is 5.48. The van der Waals surface area contributed by atoms with Crippen LogP contribution in [-0.4, -0.2) is 22.2 Å². The predicted molar refractivity (Wildman–Crippen MR) is 40.4 cm³/mol. The fourth-order valence-corrected chi connectivity index (χ4v) is 2.59. The minimum atomic E-state index is -0.432. The van der Waals surface area contributed by atoms with E-state index in [1.54, 1.807) is 18.5 Å². The molecule has 66 valence electrons. The Hall–Kier alpha value is -0.830. The van der Waals surface area contributed by atoms with Gasteiger partial charge in [0.15, 0.2) is 0 Å². The maximum atomic E-state index is 7.64. The van der Waals surface area contributed by atoms with E-state index in [2.05, 4.69) is 19.4 Å². The molecule has 2 aliphatic rings. The second-order valence-electron chi connectivity index (χ2n) is 2.16. The Balaban J connectivity index is 2.40. The third-order valence-corrected chi connectivity index (χ3v) is 3.30. The number of allylic oxidation sites excluding steroid dienone is 1. The Morgan fingerprint density at radius 1 is 1.75 bits per heavy atom. The van der Waals surface area contributed by atoms with Crippen molar-refractivity contribution in [2.45, 2.75) is 0 Å². The van der Waals surface area contributed by atoms with Crippen LogP contribution < -0.4 is 35.9 Å². The molecule has 0 aliphatic carbocycles. The third kappa shape index (κ3) is 1.05. The van der Waals surface area contributed by atoms with E-state index in [-0.39, 0.29) is 0 Å². The van der Waals surface area contributed by atoms with Crippen LogP contribution in [0.5, 0.6) is 0 Å². The summed E-state index contributed by atoms with van der Waals surface area (Å²) in [6, 6.07) is 0. The molecule has 0 saturated heterocycles. The fraction of sp³-hybridized carbons (Fsp3) is 0.200. The number of hydrogen-bond acceptors (Lipinski definition) is 6. The van der Waals surface area contributed by atoms with Crippen LogP contribution in [0.1, 0.15) is 0 Å². The predicted octanol–water partition coefficient (Wildman–Crippen LogP) is -4.28. The van der Waals surface area contributed by atoms with Gasteiger partial charge in [-0.2, -0.15) is 0 Å². The van der Waals surface area contributed by atoms with Crippen LogP contribution in [-0.2, 0) is 0 Å². The molecule has 7 heteroatoms. The summed E-state index contributed by atoms with van der Waals surface area (Å²) in [4.78, 5) is 4.08. The molecule has 2 aliphatic heterocycles. The van der Waals surface area contributed by atoms with Crippen molar-refractivity contribution in [1.29, 1.82) is 5.41 Å². The van der Waals surface area contributed by atoms with Gasteiger partial charge in [-0.05, 0) is 0 Å². The average molecular weight is 279 g/mol. The molecule has 4 N–H and O–H groups in total. The van der Waals surface area contributed by atoms with E-state index in [1.807, 2.05) is 0 Å². The number of aliphatic imine (C=N–C) groups is 1. The zero-order valence-electron chi connectivity index (χ0n) is 6.35. The van der Waals surface area contributed by atoms with Crippen LogP contribution >= 0.6 is 0 Å². The molecule has 0 fully saturated rings. The molecular formula is C5H8IN6-. The molecule has 0 amide bonds. The van der Waals surface area contributed by atoms with Crippen molar-refractivity contribution >= 4 is 10.1 Å². The first kappa shape index (κ1) is 7.80. The minimum absolute atomic E-state index is 0.432. The summed E-state index contributed by atoms with van der Waals surface area (Å²) in [7, 11) is 1.80. The van der Waals surface area contributed by atoms with Crippen LogP contribution in [0.15, 0.2) is 16.5 Å².